The van der Waals surface area contributed by atoms with E-state index in [4.69, 9.17) is 10.5 Å². The van der Waals surface area contributed by atoms with Crippen LogP contribution in [0.25, 0.3) is 0 Å². The average molecular weight is 289 g/mol. The van der Waals surface area contributed by atoms with Gasteiger partial charge in [0.2, 0.25) is 0 Å². The largest absolute Gasteiger partial charge is 0.444 e. The fourth-order valence-electron chi connectivity index (χ4n) is 1.62. The molecule has 5 heteroatoms. The van der Waals surface area contributed by atoms with Crippen LogP contribution < -0.4 is 16.0 Å². The van der Waals surface area contributed by atoms with Crippen molar-refractivity contribution in [3.63, 3.8) is 0 Å². The van der Waals surface area contributed by atoms with Crippen molar-refractivity contribution in [3.05, 3.63) is 23.8 Å². The second-order valence-electron chi connectivity index (χ2n) is 5.83. The Hall–Kier alpha value is -2.35. The van der Waals surface area contributed by atoms with Crippen molar-refractivity contribution in [3.8, 4) is 11.8 Å². The molecule has 0 atom stereocenters. The molecule has 1 aromatic rings. The molecular weight excluding hydrogens is 266 g/mol. The summed E-state index contributed by atoms with van der Waals surface area (Å²) in [5, 5.41) is 2.58. The number of carbonyl (C=O) groups is 1. The van der Waals surface area contributed by atoms with E-state index in [1.54, 1.807) is 0 Å². The van der Waals surface area contributed by atoms with E-state index in [1.807, 2.05) is 58.0 Å². The minimum atomic E-state index is -0.506. The Morgan fingerprint density at radius 2 is 2.05 bits per heavy atom. The van der Waals surface area contributed by atoms with Gasteiger partial charge in [0.25, 0.3) is 0 Å². The Morgan fingerprint density at radius 1 is 1.38 bits per heavy atom. The van der Waals surface area contributed by atoms with Crippen LogP contribution in [0.5, 0.6) is 0 Å². The number of benzene rings is 1. The summed E-state index contributed by atoms with van der Waals surface area (Å²) >= 11 is 0. The minimum Gasteiger partial charge on any atom is -0.444 e. The predicted octanol–water partition coefficient (Wildman–Crippen LogP) is 2.21. The zero-order valence-electron chi connectivity index (χ0n) is 13.3. The summed E-state index contributed by atoms with van der Waals surface area (Å²) in [6, 6.07) is 5.63. The lowest BCUT2D eigenvalue weighted by Crippen LogP contribution is -2.32. The second-order valence-corrected chi connectivity index (χ2v) is 5.83. The third-order valence-corrected chi connectivity index (χ3v) is 2.46. The lowest BCUT2D eigenvalue weighted by Gasteiger charge is -2.19. The number of hydrogen-bond acceptors (Lipinski definition) is 4. The molecule has 0 unspecified atom stereocenters. The Balaban J connectivity index is 2.56. The summed E-state index contributed by atoms with van der Waals surface area (Å²) in [7, 11) is 3.86. The second kappa shape index (κ2) is 6.89. The number of hydrogen-bond donors (Lipinski definition) is 2. The molecule has 0 aromatic heterocycles. The van der Waals surface area contributed by atoms with Gasteiger partial charge in [-0.1, -0.05) is 11.8 Å². The first kappa shape index (κ1) is 16.7. The van der Waals surface area contributed by atoms with Gasteiger partial charge in [0.15, 0.2) is 0 Å². The Labute approximate surface area is 126 Å². The van der Waals surface area contributed by atoms with Crippen molar-refractivity contribution < 1.29 is 9.53 Å². The van der Waals surface area contributed by atoms with Gasteiger partial charge in [-0.15, -0.1) is 0 Å². The highest BCUT2D eigenvalue weighted by Gasteiger charge is 2.14. The maximum atomic E-state index is 11.4. The molecule has 0 spiro atoms. The van der Waals surface area contributed by atoms with Gasteiger partial charge < -0.3 is 20.7 Å². The maximum absolute atomic E-state index is 11.4. The van der Waals surface area contributed by atoms with Crippen LogP contribution in [0.2, 0.25) is 0 Å². The highest BCUT2D eigenvalue weighted by molar-refractivity contribution is 5.69. The van der Waals surface area contributed by atoms with E-state index < -0.39 is 11.7 Å². The van der Waals surface area contributed by atoms with Crippen LogP contribution in [0.15, 0.2) is 18.2 Å². The van der Waals surface area contributed by atoms with E-state index in [0.717, 1.165) is 11.3 Å². The van der Waals surface area contributed by atoms with Crippen LogP contribution in [0.3, 0.4) is 0 Å². The van der Waals surface area contributed by atoms with Gasteiger partial charge in [-0.3, -0.25) is 0 Å². The molecule has 0 radical (unpaired) electrons. The molecule has 5 nitrogen and oxygen atoms in total. The molecule has 0 bridgehead atoms. The molecule has 0 heterocycles. The van der Waals surface area contributed by atoms with E-state index in [-0.39, 0.29) is 6.54 Å². The number of alkyl carbamates (subject to hydrolysis) is 1. The van der Waals surface area contributed by atoms with Crippen molar-refractivity contribution in [2.75, 3.05) is 31.3 Å². The molecule has 3 N–H and O–H groups in total. The maximum Gasteiger partial charge on any atom is 0.408 e. The fraction of sp³-hybridized carbons (Fsp3) is 0.438. The average Bonchev–Trinajstić information content (AvgIpc) is 2.32. The predicted molar refractivity (Wildman–Crippen MR) is 86.3 cm³/mol. The molecule has 1 amide bonds. The lowest BCUT2D eigenvalue weighted by molar-refractivity contribution is 0.0535. The quantitative estimate of drug-likeness (QED) is 0.647. The number of nitrogen functional groups attached to an aromatic ring is 1. The molecule has 0 fully saturated rings. The molecule has 21 heavy (non-hydrogen) atoms. The Bertz CT molecular complexity index is 563. The van der Waals surface area contributed by atoms with Gasteiger partial charge >= 0.3 is 6.09 Å². The smallest absolute Gasteiger partial charge is 0.408 e. The summed E-state index contributed by atoms with van der Waals surface area (Å²) in [6.45, 7) is 5.66. The molecule has 0 saturated carbocycles. The topological polar surface area (TPSA) is 67.6 Å². The Morgan fingerprint density at radius 3 is 2.57 bits per heavy atom. The highest BCUT2D eigenvalue weighted by Crippen LogP contribution is 2.21. The normalized spacial score (nSPS) is 10.3. The van der Waals surface area contributed by atoms with Gasteiger partial charge in [-0.05, 0) is 39.0 Å². The van der Waals surface area contributed by atoms with E-state index in [1.165, 1.54) is 0 Å². The lowest BCUT2D eigenvalue weighted by atomic mass is 10.1. The minimum absolute atomic E-state index is 0.226. The Kier molecular flexibility index (Phi) is 5.48. The first-order valence-electron chi connectivity index (χ1n) is 6.71. The summed E-state index contributed by atoms with van der Waals surface area (Å²) in [5.74, 6) is 5.81. The number of amides is 1. The van der Waals surface area contributed by atoms with Crippen LogP contribution in [0.1, 0.15) is 26.3 Å². The number of ether oxygens (including phenoxy) is 1. The van der Waals surface area contributed by atoms with Crippen LogP contribution in [0, 0.1) is 11.8 Å². The third-order valence-electron chi connectivity index (χ3n) is 2.46. The highest BCUT2D eigenvalue weighted by atomic mass is 16.6. The van der Waals surface area contributed by atoms with E-state index >= 15 is 0 Å². The summed E-state index contributed by atoms with van der Waals surface area (Å²) in [5.41, 5.74) is 7.87. The number of carbonyl (C=O) groups excluding carboxylic acids is 1. The number of nitrogens with zero attached hydrogens (tertiary/aromatic N) is 1. The molecule has 114 valence electrons. The molecule has 0 aliphatic heterocycles. The molecule has 0 saturated heterocycles. The number of nitrogens with two attached hydrogens (primary N) is 1. The van der Waals surface area contributed by atoms with Crippen molar-refractivity contribution >= 4 is 17.5 Å². The van der Waals surface area contributed by atoms with Crippen LogP contribution in [0.4, 0.5) is 16.2 Å². The van der Waals surface area contributed by atoms with Crippen LogP contribution in [-0.4, -0.2) is 32.3 Å². The first-order chi connectivity index (χ1) is 9.69. The van der Waals surface area contributed by atoms with Gasteiger partial charge in [-0.25, -0.2) is 4.79 Å². The summed E-state index contributed by atoms with van der Waals surface area (Å²) in [4.78, 5) is 13.4. The van der Waals surface area contributed by atoms with Crippen molar-refractivity contribution in [1.82, 2.24) is 5.32 Å². The van der Waals surface area contributed by atoms with Gasteiger partial charge in [0.1, 0.15) is 5.60 Å². The summed E-state index contributed by atoms with van der Waals surface area (Å²) in [6.07, 6.45) is -0.473. The van der Waals surface area contributed by atoms with Gasteiger partial charge in [0.05, 0.1) is 17.9 Å². The monoisotopic (exact) mass is 289 g/mol. The zero-order chi connectivity index (χ0) is 16.0. The number of anilines is 2. The van der Waals surface area contributed by atoms with Crippen molar-refractivity contribution in [1.29, 1.82) is 0 Å². The standard InChI is InChI=1S/C16H23N3O2/c1-16(2,3)21-15(20)18-10-6-7-12-8-9-14(19(4)5)13(17)11-12/h8-9,11H,10,17H2,1-5H3,(H,18,20). The summed E-state index contributed by atoms with van der Waals surface area (Å²) < 4.78 is 5.11. The number of nitrogens with one attached hydrogen (secondary N) is 1. The van der Waals surface area contributed by atoms with E-state index in [2.05, 4.69) is 17.2 Å². The van der Waals surface area contributed by atoms with Gasteiger partial charge in [0, 0.05) is 19.7 Å². The third kappa shape index (κ3) is 6.09. The van der Waals surface area contributed by atoms with Crippen molar-refractivity contribution in [2.45, 2.75) is 26.4 Å². The van der Waals surface area contributed by atoms with E-state index in [9.17, 15) is 4.79 Å². The van der Waals surface area contributed by atoms with E-state index in [0.29, 0.717) is 5.69 Å². The van der Waals surface area contributed by atoms with Gasteiger partial charge in [-0.2, -0.15) is 0 Å². The zero-order valence-corrected chi connectivity index (χ0v) is 13.3. The van der Waals surface area contributed by atoms with Crippen LogP contribution >= 0.6 is 0 Å². The fourth-order valence-corrected chi connectivity index (χ4v) is 1.62. The molecule has 0 aliphatic rings. The number of rotatable bonds is 2. The molecule has 0 aliphatic carbocycles. The molecule has 1 aromatic carbocycles. The SMILES string of the molecule is CN(C)c1ccc(C#CCNC(=O)OC(C)(C)C)cc1N. The molecule has 1 rings (SSSR count). The molecular formula is C16H23N3O2. The first-order valence-corrected chi connectivity index (χ1v) is 6.71. The van der Waals surface area contributed by atoms with Crippen molar-refractivity contribution in [2.24, 2.45) is 0 Å². The van der Waals surface area contributed by atoms with Crippen LogP contribution in [-0.2, 0) is 4.74 Å².